The maximum absolute atomic E-state index is 12.0. The Hall–Kier alpha value is -3.22. The van der Waals surface area contributed by atoms with Gasteiger partial charge >= 0.3 is 5.97 Å². The van der Waals surface area contributed by atoms with Gasteiger partial charge in [-0.15, -0.1) is 0 Å². The van der Waals surface area contributed by atoms with Gasteiger partial charge in [0.15, 0.2) is 18.1 Å². The van der Waals surface area contributed by atoms with Crippen molar-refractivity contribution in [2.75, 3.05) is 26.4 Å². The number of esters is 1. The summed E-state index contributed by atoms with van der Waals surface area (Å²) in [6.45, 7) is 6.53. The normalized spacial score (nSPS) is 10.3. The summed E-state index contributed by atoms with van der Waals surface area (Å²) in [6.07, 6.45) is 0.588. The molecule has 2 rings (SSSR count). The molecule has 1 amide bonds. The summed E-state index contributed by atoms with van der Waals surface area (Å²) >= 11 is 0. The zero-order valence-corrected chi connectivity index (χ0v) is 17.0. The number of carbonyl (C=O) groups is 2. The van der Waals surface area contributed by atoms with Gasteiger partial charge in [0.25, 0.3) is 5.91 Å². The number of benzene rings is 2. The molecule has 0 aliphatic rings. The van der Waals surface area contributed by atoms with Crippen molar-refractivity contribution >= 4 is 11.9 Å². The summed E-state index contributed by atoms with van der Waals surface area (Å²) in [6, 6.07) is 10.4. The lowest BCUT2D eigenvalue weighted by Crippen LogP contribution is -2.30. The van der Waals surface area contributed by atoms with Gasteiger partial charge in [-0.3, -0.25) is 4.79 Å². The first-order valence-electron chi connectivity index (χ1n) is 9.57. The van der Waals surface area contributed by atoms with Crippen LogP contribution < -0.4 is 14.8 Å². The van der Waals surface area contributed by atoms with Crippen molar-refractivity contribution in [3.63, 3.8) is 0 Å². The minimum absolute atomic E-state index is 0.0376. The highest BCUT2D eigenvalue weighted by molar-refractivity contribution is 5.94. The molecule has 0 saturated heterocycles. The molecular formula is C22H27NO6. The number of amides is 1. The molecule has 0 fully saturated rings. The first-order valence-corrected chi connectivity index (χ1v) is 9.57. The molecule has 0 aliphatic carbocycles. The Balaban J connectivity index is 1.81. The number of hydrogen-bond donors (Lipinski definition) is 2. The van der Waals surface area contributed by atoms with E-state index in [1.807, 2.05) is 32.0 Å². The van der Waals surface area contributed by atoms with Gasteiger partial charge in [-0.1, -0.05) is 18.2 Å². The number of nitrogens with one attached hydrogen (secondary N) is 1. The van der Waals surface area contributed by atoms with Gasteiger partial charge < -0.3 is 24.6 Å². The van der Waals surface area contributed by atoms with Gasteiger partial charge in [0.2, 0.25) is 0 Å². The van der Waals surface area contributed by atoms with Crippen LogP contribution >= 0.6 is 0 Å². The second-order valence-corrected chi connectivity index (χ2v) is 6.29. The van der Waals surface area contributed by atoms with Crippen molar-refractivity contribution in [1.82, 2.24) is 5.32 Å². The number of phenols is 1. The molecule has 2 aromatic carbocycles. The predicted molar refractivity (Wildman–Crippen MR) is 109 cm³/mol. The van der Waals surface area contributed by atoms with Crippen LogP contribution in [0.25, 0.3) is 0 Å². The second kappa shape index (κ2) is 10.9. The molecule has 0 saturated carbocycles. The Morgan fingerprint density at radius 1 is 1.03 bits per heavy atom. The lowest BCUT2D eigenvalue weighted by molar-refractivity contribution is -0.124. The van der Waals surface area contributed by atoms with Gasteiger partial charge in [0, 0.05) is 6.54 Å². The van der Waals surface area contributed by atoms with Gasteiger partial charge in [-0.2, -0.15) is 0 Å². The van der Waals surface area contributed by atoms with Crippen LogP contribution in [-0.4, -0.2) is 43.3 Å². The molecule has 0 bridgehead atoms. The fraction of sp³-hybridized carbons (Fsp3) is 0.364. The molecule has 0 heterocycles. The van der Waals surface area contributed by atoms with Gasteiger partial charge in [-0.05, 0) is 56.5 Å². The predicted octanol–water partition coefficient (Wildman–Crippen LogP) is 3.01. The van der Waals surface area contributed by atoms with Crippen LogP contribution in [0.15, 0.2) is 36.4 Å². The number of para-hydroxylation sites is 1. The van der Waals surface area contributed by atoms with Crippen LogP contribution in [0.5, 0.6) is 17.2 Å². The van der Waals surface area contributed by atoms with E-state index in [-0.39, 0.29) is 11.3 Å². The topological polar surface area (TPSA) is 94.1 Å². The Labute approximate surface area is 170 Å². The van der Waals surface area contributed by atoms with Crippen molar-refractivity contribution in [2.24, 2.45) is 0 Å². The SMILES string of the molecule is CCOc1ccc(CCNC(=O)COC(=O)c2cccc(C)c2O)cc1OCC. The fourth-order valence-corrected chi connectivity index (χ4v) is 2.68. The van der Waals surface area contributed by atoms with Crippen molar-refractivity contribution < 1.29 is 28.9 Å². The average molecular weight is 401 g/mol. The molecule has 0 radical (unpaired) electrons. The van der Waals surface area contributed by atoms with Crippen LogP contribution in [0.4, 0.5) is 0 Å². The minimum atomic E-state index is -0.741. The second-order valence-electron chi connectivity index (χ2n) is 6.29. The van der Waals surface area contributed by atoms with Crippen molar-refractivity contribution in [3.05, 3.63) is 53.1 Å². The Kier molecular flexibility index (Phi) is 8.33. The highest BCUT2D eigenvalue weighted by Crippen LogP contribution is 2.28. The summed E-state index contributed by atoms with van der Waals surface area (Å²) in [4.78, 5) is 23.9. The molecule has 0 aromatic heterocycles. The average Bonchev–Trinajstić information content (AvgIpc) is 2.70. The molecule has 7 heteroatoms. The van der Waals surface area contributed by atoms with Crippen molar-refractivity contribution in [3.8, 4) is 17.2 Å². The molecule has 29 heavy (non-hydrogen) atoms. The maximum atomic E-state index is 12.0. The highest BCUT2D eigenvalue weighted by atomic mass is 16.5. The van der Waals surface area contributed by atoms with E-state index in [2.05, 4.69) is 5.32 Å². The lowest BCUT2D eigenvalue weighted by Gasteiger charge is -2.13. The van der Waals surface area contributed by atoms with Crippen LogP contribution in [-0.2, 0) is 16.0 Å². The van der Waals surface area contributed by atoms with E-state index in [4.69, 9.17) is 14.2 Å². The van der Waals surface area contributed by atoms with Crippen molar-refractivity contribution in [2.45, 2.75) is 27.2 Å². The number of aromatic hydroxyl groups is 1. The lowest BCUT2D eigenvalue weighted by atomic mass is 10.1. The fourth-order valence-electron chi connectivity index (χ4n) is 2.68. The van der Waals surface area contributed by atoms with E-state index in [0.29, 0.717) is 43.2 Å². The molecule has 0 atom stereocenters. The Morgan fingerprint density at radius 3 is 2.48 bits per heavy atom. The minimum Gasteiger partial charge on any atom is -0.507 e. The van der Waals surface area contributed by atoms with Crippen LogP contribution in [0.1, 0.15) is 35.3 Å². The first kappa shape index (κ1) is 22.1. The van der Waals surface area contributed by atoms with Crippen LogP contribution in [0.3, 0.4) is 0 Å². The van der Waals surface area contributed by atoms with E-state index < -0.39 is 18.5 Å². The third-order valence-corrected chi connectivity index (χ3v) is 4.14. The number of aryl methyl sites for hydroxylation is 1. The first-order chi connectivity index (χ1) is 14.0. The monoisotopic (exact) mass is 401 g/mol. The van der Waals surface area contributed by atoms with E-state index in [1.165, 1.54) is 6.07 Å². The largest absolute Gasteiger partial charge is 0.507 e. The maximum Gasteiger partial charge on any atom is 0.342 e. The Morgan fingerprint density at radius 2 is 1.76 bits per heavy atom. The quantitative estimate of drug-likeness (QED) is 0.595. The molecule has 0 aliphatic heterocycles. The van der Waals surface area contributed by atoms with Gasteiger partial charge in [0.1, 0.15) is 11.3 Å². The van der Waals surface area contributed by atoms with Crippen LogP contribution in [0.2, 0.25) is 0 Å². The van der Waals surface area contributed by atoms with Crippen molar-refractivity contribution in [1.29, 1.82) is 0 Å². The van der Waals surface area contributed by atoms with Gasteiger partial charge in [0.05, 0.1) is 13.2 Å². The van der Waals surface area contributed by atoms with E-state index >= 15 is 0 Å². The number of carbonyl (C=O) groups excluding carboxylic acids is 2. The van der Waals surface area contributed by atoms with E-state index in [0.717, 1.165) is 5.56 Å². The molecule has 2 N–H and O–H groups in total. The molecular weight excluding hydrogens is 374 g/mol. The van der Waals surface area contributed by atoms with E-state index in [1.54, 1.807) is 19.1 Å². The zero-order valence-electron chi connectivity index (χ0n) is 17.0. The Bertz CT molecular complexity index is 849. The summed E-state index contributed by atoms with van der Waals surface area (Å²) in [5, 5.41) is 12.6. The summed E-state index contributed by atoms with van der Waals surface area (Å²) < 4.78 is 16.1. The smallest absolute Gasteiger partial charge is 0.342 e. The highest BCUT2D eigenvalue weighted by Gasteiger charge is 2.15. The number of rotatable bonds is 10. The number of ether oxygens (including phenoxy) is 3. The molecule has 0 unspecified atom stereocenters. The number of hydrogen-bond acceptors (Lipinski definition) is 6. The van der Waals surface area contributed by atoms with E-state index in [9.17, 15) is 14.7 Å². The van der Waals surface area contributed by atoms with Crippen LogP contribution in [0, 0.1) is 6.92 Å². The third-order valence-electron chi connectivity index (χ3n) is 4.14. The summed E-state index contributed by atoms with van der Waals surface area (Å²) in [5.74, 6) is 0.0627. The molecule has 0 spiro atoms. The molecule has 156 valence electrons. The number of phenolic OH excluding ortho intramolecular Hbond substituents is 1. The molecule has 2 aromatic rings. The summed E-state index contributed by atoms with van der Waals surface area (Å²) in [5.41, 5.74) is 1.58. The standard InChI is InChI=1S/C22H27NO6/c1-4-27-18-10-9-16(13-19(18)28-5-2)11-12-23-20(24)14-29-22(26)17-8-6-7-15(3)21(17)25/h6-10,13,25H,4-5,11-12,14H2,1-3H3,(H,23,24). The zero-order chi connectivity index (χ0) is 21.2. The third kappa shape index (κ3) is 6.41. The molecule has 7 nitrogen and oxygen atoms in total. The summed E-state index contributed by atoms with van der Waals surface area (Å²) in [7, 11) is 0. The van der Waals surface area contributed by atoms with Gasteiger partial charge in [-0.25, -0.2) is 4.79 Å².